The zero-order valence-electron chi connectivity index (χ0n) is 15.7. The third-order valence-corrected chi connectivity index (χ3v) is 6.77. The standard InChI is InChI=1S/C21H25FN2O3S/c22-19-13-7-8-14-20(19)28(26,27)24(15-17-9-3-1-4-10-17)16-21(25)23-18-11-5-2-6-12-18/h1,3-4,7-10,13-14,18H,2,5-6,11-12,15-16H2,(H,23,25). The number of carbonyl (C=O) groups excluding carboxylic acids is 1. The molecule has 1 aliphatic carbocycles. The van der Waals surface area contributed by atoms with Crippen LogP contribution >= 0.6 is 0 Å². The van der Waals surface area contributed by atoms with Gasteiger partial charge in [0.2, 0.25) is 15.9 Å². The van der Waals surface area contributed by atoms with Crippen LogP contribution in [0.15, 0.2) is 59.5 Å². The minimum absolute atomic E-state index is 0.00437. The molecule has 1 N–H and O–H groups in total. The number of carbonyl (C=O) groups is 1. The molecule has 2 aromatic rings. The van der Waals surface area contributed by atoms with Crippen molar-refractivity contribution in [3.8, 4) is 0 Å². The fourth-order valence-electron chi connectivity index (χ4n) is 3.49. The molecule has 1 saturated carbocycles. The van der Waals surface area contributed by atoms with Gasteiger partial charge in [0, 0.05) is 12.6 Å². The Balaban J connectivity index is 1.82. The van der Waals surface area contributed by atoms with Gasteiger partial charge in [0.25, 0.3) is 0 Å². The van der Waals surface area contributed by atoms with Gasteiger partial charge >= 0.3 is 0 Å². The number of nitrogens with one attached hydrogen (secondary N) is 1. The molecule has 0 unspecified atom stereocenters. The molecule has 1 aliphatic rings. The first kappa shape index (κ1) is 20.5. The Kier molecular flexibility index (Phi) is 6.80. The summed E-state index contributed by atoms with van der Waals surface area (Å²) < 4.78 is 41.4. The predicted molar refractivity (Wildman–Crippen MR) is 105 cm³/mol. The predicted octanol–water partition coefficient (Wildman–Crippen LogP) is 3.47. The summed E-state index contributed by atoms with van der Waals surface area (Å²) in [5.74, 6) is -1.18. The Morgan fingerprint density at radius 2 is 1.64 bits per heavy atom. The summed E-state index contributed by atoms with van der Waals surface area (Å²) in [4.78, 5) is 12.1. The number of rotatable bonds is 7. The summed E-state index contributed by atoms with van der Waals surface area (Å²) in [5, 5.41) is 2.93. The van der Waals surface area contributed by atoms with E-state index < -0.39 is 20.7 Å². The molecule has 28 heavy (non-hydrogen) atoms. The summed E-state index contributed by atoms with van der Waals surface area (Å²) in [6, 6.07) is 14.3. The first-order valence-electron chi connectivity index (χ1n) is 9.55. The second-order valence-electron chi connectivity index (χ2n) is 7.09. The summed E-state index contributed by atoms with van der Waals surface area (Å²) in [7, 11) is -4.17. The van der Waals surface area contributed by atoms with Gasteiger partial charge in [-0.15, -0.1) is 0 Å². The maximum Gasteiger partial charge on any atom is 0.246 e. The molecule has 0 saturated heterocycles. The largest absolute Gasteiger partial charge is 0.352 e. The van der Waals surface area contributed by atoms with Crippen molar-refractivity contribution in [2.75, 3.05) is 6.54 Å². The van der Waals surface area contributed by atoms with Gasteiger partial charge in [-0.25, -0.2) is 12.8 Å². The lowest BCUT2D eigenvalue weighted by Gasteiger charge is -2.26. The van der Waals surface area contributed by atoms with Gasteiger partial charge < -0.3 is 5.32 Å². The Labute approximate surface area is 165 Å². The van der Waals surface area contributed by atoms with Crippen LogP contribution in [-0.4, -0.2) is 31.2 Å². The van der Waals surface area contributed by atoms with E-state index >= 15 is 0 Å². The fourth-order valence-corrected chi connectivity index (χ4v) is 4.94. The minimum atomic E-state index is -4.17. The van der Waals surface area contributed by atoms with Crippen LogP contribution in [0.2, 0.25) is 0 Å². The van der Waals surface area contributed by atoms with E-state index in [1.54, 1.807) is 24.3 Å². The van der Waals surface area contributed by atoms with Crippen LogP contribution in [0, 0.1) is 5.82 Å². The molecule has 0 aliphatic heterocycles. The molecule has 0 radical (unpaired) electrons. The second kappa shape index (κ2) is 9.30. The van der Waals surface area contributed by atoms with Gasteiger partial charge in [-0.2, -0.15) is 4.31 Å². The normalized spacial score (nSPS) is 15.5. The lowest BCUT2D eigenvalue weighted by atomic mass is 9.95. The first-order valence-corrected chi connectivity index (χ1v) is 11.0. The van der Waals surface area contributed by atoms with Gasteiger partial charge in [0.15, 0.2) is 0 Å². The molecule has 0 spiro atoms. The van der Waals surface area contributed by atoms with Crippen LogP contribution in [0.3, 0.4) is 0 Å². The molecule has 0 atom stereocenters. The lowest BCUT2D eigenvalue weighted by molar-refractivity contribution is -0.122. The van der Waals surface area contributed by atoms with Crippen LogP contribution < -0.4 is 5.32 Å². The van der Waals surface area contributed by atoms with Crippen molar-refractivity contribution in [2.45, 2.75) is 49.6 Å². The van der Waals surface area contributed by atoms with E-state index in [9.17, 15) is 17.6 Å². The maximum atomic E-state index is 14.2. The van der Waals surface area contributed by atoms with Crippen molar-refractivity contribution in [3.05, 3.63) is 66.0 Å². The topological polar surface area (TPSA) is 66.5 Å². The van der Waals surface area contributed by atoms with Gasteiger partial charge in [-0.3, -0.25) is 4.79 Å². The number of hydrogen-bond donors (Lipinski definition) is 1. The fraction of sp³-hybridized carbons (Fsp3) is 0.381. The highest BCUT2D eigenvalue weighted by Crippen LogP contribution is 2.22. The number of nitrogens with zero attached hydrogens (tertiary/aromatic N) is 1. The molecule has 150 valence electrons. The van der Waals surface area contributed by atoms with Crippen molar-refractivity contribution < 1.29 is 17.6 Å². The van der Waals surface area contributed by atoms with Crippen LogP contribution in [0.25, 0.3) is 0 Å². The van der Waals surface area contributed by atoms with Crippen LogP contribution in [0.5, 0.6) is 0 Å². The molecule has 5 nitrogen and oxygen atoms in total. The first-order chi connectivity index (χ1) is 13.5. The molecule has 1 fully saturated rings. The third-order valence-electron chi connectivity index (χ3n) is 4.95. The Morgan fingerprint density at radius 1 is 1.00 bits per heavy atom. The summed E-state index contributed by atoms with van der Waals surface area (Å²) >= 11 is 0. The van der Waals surface area contributed by atoms with Gasteiger partial charge in [0.05, 0.1) is 6.54 Å². The van der Waals surface area contributed by atoms with Gasteiger partial charge in [-0.05, 0) is 30.5 Å². The number of sulfonamides is 1. The number of hydrogen-bond acceptors (Lipinski definition) is 3. The van der Waals surface area contributed by atoms with Crippen LogP contribution in [0.4, 0.5) is 4.39 Å². The van der Waals surface area contributed by atoms with Crippen LogP contribution in [-0.2, 0) is 21.4 Å². The van der Waals surface area contributed by atoms with Gasteiger partial charge in [-0.1, -0.05) is 61.7 Å². The summed E-state index contributed by atoms with van der Waals surface area (Å²) in [5.41, 5.74) is 0.730. The Bertz CT molecular complexity index is 897. The number of halogens is 1. The molecule has 2 aromatic carbocycles. The minimum Gasteiger partial charge on any atom is -0.352 e. The zero-order valence-corrected chi connectivity index (χ0v) is 16.5. The molecule has 3 rings (SSSR count). The quantitative estimate of drug-likeness (QED) is 0.768. The van der Waals surface area contributed by atoms with E-state index in [0.29, 0.717) is 0 Å². The number of benzene rings is 2. The van der Waals surface area contributed by atoms with E-state index in [1.807, 2.05) is 6.07 Å². The van der Waals surface area contributed by atoms with Crippen molar-refractivity contribution in [1.29, 1.82) is 0 Å². The highest BCUT2D eigenvalue weighted by atomic mass is 32.2. The van der Waals surface area contributed by atoms with E-state index in [1.165, 1.54) is 18.2 Å². The molecule has 0 bridgehead atoms. The van der Waals surface area contributed by atoms with E-state index in [2.05, 4.69) is 5.32 Å². The molecule has 0 heterocycles. The smallest absolute Gasteiger partial charge is 0.246 e. The summed E-state index contributed by atoms with van der Waals surface area (Å²) in [6.45, 7) is -0.350. The molecule has 7 heteroatoms. The monoisotopic (exact) mass is 404 g/mol. The van der Waals surface area contributed by atoms with E-state index in [0.717, 1.165) is 48.0 Å². The Morgan fingerprint density at radius 3 is 2.32 bits per heavy atom. The molecule has 0 aromatic heterocycles. The Hall–Kier alpha value is -2.25. The van der Waals surface area contributed by atoms with Crippen molar-refractivity contribution in [2.24, 2.45) is 0 Å². The summed E-state index contributed by atoms with van der Waals surface area (Å²) in [6.07, 6.45) is 5.10. The highest BCUT2D eigenvalue weighted by Gasteiger charge is 2.30. The third kappa shape index (κ3) is 5.17. The van der Waals surface area contributed by atoms with Gasteiger partial charge in [0.1, 0.15) is 10.7 Å². The van der Waals surface area contributed by atoms with Crippen LogP contribution in [0.1, 0.15) is 37.7 Å². The average Bonchev–Trinajstić information content (AvgIpc) is 2.69. The molecule has 1 amide bonds. The maximum absolute atomic E-state index is 14.2. The van der Waals surface area contributed by atoms with E-state index in [-0.39, 0.29) is 25.0 Å². The average molecular weight is 405 g/mol. The molecular formula is C21H25FN2O3S. The lowest BCUT2D eigenvalue weighted by Crippen LogP contribution is -2.44. The zero-order chi connectivity index (χ0) is 20.0. The SMILES string of the molecule is O=C(CN(Cc1ccccc1)S(=O)(=O)c1ccccc1F)NC1CCCCC1. The van der Waals surface area contributed by atoms with Crippen molar-refractivity contribution in [3.63, 3.8) is 0 Å². The number of amides is 1. The molecular weight excluding hydrogens is 379 g/mol. The second-order valence-corrected chi connectivity index (χ2v) is 9.00. The van der Waals surface area contributed by atoms with Crippen molar-refractivity contribution in [1.82, 2.24) is 9.62 Å². The van der Waals surface area contributed by atoms with Crippen molar-refractivity contribution >= 4 is 15.9 Å². The van der Waals surface area contributed by atoms with E-state index in [4.69, 9.17) is 0 Å². The highest BCUT2D eigenvalue weighted by molar-refractivity contribution is 7.89.